The molecule has 2 aromatic carbocycles. The van der Waals surface area contributed by atoms with E-state index in [0.29, 0.717) is 0 Å². The minimum Gasteiger partial charge on any atom is -0.335 e. The van der Waals surface area contributed by atoms with E-state index in [2.05, 4.69) is 22.8 Å². The number of urea groups is 1. The Hall–Kier alpha value is -2.29. The molecule has 0 fully saturated rings. The van der Waals surface area contributed by atoms with Crippen molar-refractivity contribution in [3.8, 4) is 0 Å². The van der Waals surface area contributed by atoms with E-state index in [1.807, 2.05) is 56.3 Å². The predicted octanol–water partition coefficient (Wildman–Crippen LogP) is 4.20. The maximum absolute atomic E-state index is 12.0. The van der Waals surface area contributed by atoms with Crippen LogP contribution in [0, 0.1) is 0 Å². The Kier molecular flexibility index (Phi) is 5.38. The highest BCUT2D eigenvalue weighted by Crippen LogP contribution is 2.19. The molecule has 3 heteroatoms. The minimum absolute atomic E-state index is 0.148. The highest BCUT2D eigenvalue weighted by atomic mass is 16.2. The van der Waals surface area contributed by atoms with Crippen molar-refractivity contribution in [1.29, 1.82) is 0 Å². The quantitative estimate of drug-likeness (QED) is 0.848. The van der Waals surface area contributed by atoms with Crippen LogP contribution in [0.4, 0.5) is 10.5 Å². The van der Waals surface area contributed by atoms with Crippen LogP contribution >= 0.6 is 0 Å². The van der Waals surface area contributed by atoms with Crippen LogP contribution in [0.2, 0.25) is 0 Å². The Balaban J connectivity index is 2.08. The fraction of sp³-hybridized carbons (Fsp3) is 0.278. The van der Waals surface area contributed by atoms with Crippen molar-refractivity contribution in [3.63, 3.8) is 0 Å². The van der Waals surface area contributed by atoms with Gasteiger partial charge in [0.1, 0.15) is 0 Å². The predicted molar refractivity (Wildman–Crippen MR) is 87.6 cm³/mol. The maximum Gasteiger partial charge on any atom is 0.319 e. The smallest absolute Gasteiger partial charge is 0.319 e. The first-order chi connectivity index (χ1) is 10.2. The molecule has 2 rings (SSSR count). The number of amides is 2. The molecule has 110 valence electrons. The molecule has 0 spiro atoms. The molecule has 2 N–H and O–H groups in total. The summed E-state index contributed by atoms with van der Waals surface area (Å²) in [6, 6.07) is 18.2. The van der Waals surface area contributed by atoms with Crippen LogP contribution < -0.4 is 10.6 Å². The van der Waals surface area contributed by atoms with Gasteiger partial charge in [0.15, 0.2) is 0 Å². The summed E-state index contributed by atoms with van der Waals surface area (Å²) in [5.74, 6) is 0. The van der Waals surface area contributed by atoms with Crippen molar-refractivity contribution in [3.05, 3.63) is 65.7 Å². The molecule has 0 saturated heterocycles. The summed E-state index contributed by atoms with van der Waals surface area (Å²) >= 11 is 0. The van der Waals surface area contributed by atoms with Crippen LogP contribution in [-0.4, -0.2) is 12.1 Å². The van der Waals surface area contributed by atoms with Gasteiger partial charge >= 0.3 is 6.03 Å². The van der Waals surface area contributed by atoms with Crippen LogP contribution in [0.1, 0.15) is 31.4 Å². The Bertz CT molecular complexity index is 581. The van der Waals surface area contributed by atoms with E-state index in [1.165, 1.54) is 5.56 Å². The van der Waals surface area contributed by atoms with Crippen molar-refractivity contribution >= 4 is 11.7 Å². The van der Waals surface area contributed by atoms with E-state index in [0.717, 1.165) is 24.1 Å². The third kappa shape index (κ3) is 4.63. The molecule has 2 amide bonds. The highest BCUT2D eigenvalue weighted by molar-refractivity contribution is 5.90. The lowest BCUT2D eigenvalue weighted by Crippen LogP contribution is -2.35. The molecule has 1 atom stereocenters. The first-order valence-corrected chi connectivity index (χ1v) is 7.38. The number of para-hydroxylation sites is 1. The summed E-state index contributed by atoms with van der Waals surface area (Å²) in [4.78, 5) is 12.0. The normalized spacial score (nSPS) is 11.7. The van der Waals surface area contributed by atoms with Crippen molar-refractivity contribution in [2.24, 2.45) is 0 Å². The molecule has 0 aliphatic rings. The van der Waals surface area contributed by atoms with Gasteiger partial charge in [0.25, 0.3) is 0 Å². The molecule has 0 aromatic heterocycles. The highest BCUT2D eigenvalue weighted by Gasteiger charge is 2.08. The summed E-state index contributed by atoms with van der Waals surface area (Å²) in [6.45, 7) is 4.05. The monoisotopic (exact) mass is 282 g/mol. The van der Waals surface area contributed by atoms with Gasteiger partial charge in [-0.2, -0.15) is 0 Å². The van der Waals surface area contributed by atoms with Gasteiger partial charge in [-0.1, -0.05) is 55.5 Å². The van der Waals surface area contributed by atoms with Gasteiger partial charge in [-0.3, -0.25) is 0 Å². The first-order valence-electron chi connectivity index (χ1n) is 7.38. The Morgan fingerprint density at radius 2 is 1.71 bits per heavy atom. The number of carbonyl (C=O) groups excluding carboxylic acids is 1. The standard InChI is InChI=1S/C18H22N2O/c1-3-14(2)19-18(21)20-17-12-8-7-11-16(17)13-15-9-5-4-6-10-15/h4-12,14H,3,13H2,1-2H3,(H2,19,20,21). The third-order valence-electron chi connectivity index (χ3n) is 3.49. The number of rotatable bonds is 5. The van der Waals surface area contributed by atoms with Crippen LogP contribution in [-0.2, 0) is 6.42 Å². The van der Waals surface area contributed by atoms with Gasteiger partial charge in [0, 0.05) is 11.7 Å². The zero-order valence-corrected chi connectivity index (χ0v) is 12.6. The van der Waals surface area contributed by atoms with Gasteiger partial charge in [0.05, 0.1) is 0 Å². The molecule has 0 radical (unpaired) electrons. The van der Waals surface area contributed by atoms with E-state index in [9.17, 15) is 4.79 Å². The fourth-order valence-corrected chi connectivity index (χ4v) is 2.10. The van der Waals surface area contributed by atoms with Gasteiger partial charge in [-0.25, -0.2) is 4.79 Å². The van der Waals surface area contributed by atoms with Crippen LogP contribution in [0.25, 0.3) is 0 Å². The third-order valence-corrected chi connectivity index (χ3v) is 3.49. The summed E-state index contributed by atoms with van der Waals surface area (Å²) in [7, 11) is 0. The van der Waals surface area contributed by atoms with Crippen molar-refractivity contribution in [2.45, 2.75) is 32.7 Å². The zero-order valence-electron chi connectivity index (χ0n) is 12.6. The second-order valence-corrected chi connectivity index (χ2v) is 5.23. The second kappa shape index (κ2) is 7.48. The van der Waals surface area contributed by atoms with Gasteiger partial charge in [0.2, 0.25) is 0 Å². The minimum atomic E-state index is -0.148. The molecule has 0 heterocycles. The molecule has 0 aliphatic carbocycles. The zero-order chi connectivity index (χ0) is 15.1. The van der Waals surface area contributed by atoms with E-state index < -0.39 is 0 Å². The number of benzene rings is 2. The SMILES string of the molecule is CCC(C)NC(=O)Nc1ccccc1Cc1ccccc1. The van der Waals surface area contributed by atoms with Crippen LogP contribution in [0.3, 0.4) is 0 Å². The fourth-order valence-electron chi connectivity index (χ4n) is 2.10. The molecule has 3 nitrogen and oxygen atoms in total. The van der Waals surface area contributed by atoms with E-state index >= 15 is 0 Å². The average molecular weight is 282 g/mol. The number of hydrogen-bond donors (Lipinski definition) is 2. The van der Waals surface area contributed by atoms with Gasteiger partial charge in [-0.15, -0.1) is 0 Å². The Morgan fingerprint density at radius 1 is 1.05 bits per heavy atom. The van der Waals surface area contributed by atoms with E-state index in [1.54, 1.807) is 0 Å². The number of hydrogen-bond acceptors (Lipinski definition) is 1. The van der Waals surface area contributed by atoms with E-state index in [4.69, 9.17) is 0 Å². The van der Waals surface area contributed by atoms with Crippen molar-refractivity contribution in [2.75, 3.05) is 5.32 Å². The number of carbonyl (C=O) groups is 1. The number of anilines is 1. The topological polar surface area (TPSA) is 41.1 Å². The molecule has 2 aromatic rings. The van der Waals surface area contributed by atoms with E-state index in [-0.39, 0.29) is 12.1 Å². The summed E-state index contributed by atoms with van der Waals surface area (Å²) in [6.07, 6.45) is 1.72. The van der Waals surface area contributed by atoms with Crippen LogP contribution in [0.15, 0.2) is 54.6 Å². The largest absolute Gasteiger partial charge is 0.335 e. The first kappa shape index (κ1) is 15.1. The molecule has 0 bridgehead atoms. The van der Waals surface area contributed by atoms with Gasteiger partial charge in [-0.05, 0) is 37.0 Å². The lowest BCUT2D eigenvalue weighted by molar-refractivity contribution is 0.249. The maximum atomic E-state index is 12.0. The molecular formula is C18H22N2O. The lowest BCUT2D eigenvalue weighted by Gasteiger charge is -2.15. The summed E-state index contributed by atoms with van der Waals surface area (Å²) < 4.78 is 0. The van der Waals surface area contributed by atoms with Crippen molar-refractivity contribution in [1.82, 2.24) is 5.32 Å². The van der Waals surface area contributed by atoms with Gasteiger partial charge < -0.3 is 10.6 Å². The molecule has 0 aliphatic heterocycles. The molecular weight excluding hydrogens is 260 g/mol. The summed E-state index contributed by atoms with van der Waals surface area (Å²) in [5.41, 5.74) is 3.21. The molecule has 1 unspecified atom stereocenters. The Morgan fingerprint density at radius 3 is 2.43 bits per heavy atom. The lowest BCUT2D eigenvalue weighted by atomic mass is 10.0. The Labute approximate surface area is 126 Å². The van der Waals surface area contributed by atoms with Crippen LogP contribution in [0.5, 0.6) is 0 Å². The second-order valence-electron chi connectivity index (χ2n) is 5.23. The summed E-state index contributed by atoms with van der Waals surface area (Å²) in [5, 5.41) is 5.87. The molecule has 0 saturated carbocycles. The van der Waals surface area contributed by atoms with Crippen molar-refractivity contribution < 1.29 is 4.79 Å². The number of nitrogens with one attached hydrogen (secondary N) is 2. The average Bonchev–Trinajstić information content (AvgIpc) is 2.50. The molecule has 21 heavy (non-hydrogen) atoms.